The highest BCUT2D eigenvalue weighted by molar-refractivity contribution is 9.10. The summed E-state index contributed by atoms with van der Waals surface area (Å²) in [5, 5.41) is 5.39. The minimum absolute atomic E-state index is 0.136. The number of imide groups is 1. The number of urea groups is 1. The third kappa shape index (κ3) is 3.88. The first kappa shape index (κ1) is 17.2. The number of carbonyl (C=O) groups is 3. The monoisotopic (exact) mass is 401 g/mol. The minimum atomic E-state index is -0.350. The predicted octanol–water partition coefficient (Wildman–Crippen LogP) is 2.54. The number of carbonyl (C=O) groups excluding carboxylic acids is 3. The van der Waals surface area contributed by atoms with Gasteiger partial charge in [-0.25, -0.2) is 4.79 Å². The van der Waals surface area contributed by atoms with Gasteiger partial charge in [0.25, 0.3) is 11.8 Å². The van der Waals surface area contributed by atoms with E-state index in [1.165, 1.54) is 0 Å². The van der Waals surface area contributed by atoms with Gasteiger partial charge in [0.15, 0.2) is 0 Å². The van der Waals surface area contributed by atoms with Crippen LogP contribution in [0.5, 0.6) is 0 Å². The molecule has 0 aliphatic carbocycles. The zero-order valence-electron chi connectivity index (χ0n) is 13.3. The van der Waals surface area contributed by atoms with Gasteiger partial charge >= 0.3 is 6.03 Å². The maximum atomic E-state index is 12.2. The van der Waals surface area contributed by atoms with Crippen molar-refractivity contribution in [3.8, 4) is 0 Å². The van der Waals surface area contributed by atoms with Crippen LogP contribution in [0.3, 0.4) is 0 Å². The number of rotatable bonds is 5. The Balaban J connectivity index is 1.46. The minimum Gasteiger partial charge on any atom is -0.336 e. The number of hydrogen-bond acceptors (Lipinski definition) is 3. The van der Waals surface area contributed by atoms with Crippen LogP contribution in [0, 0.1) is 0 Å². The van der Waals surface area contributed by atoms with Gasteiger partial charge in [0.1, 0.15) is 0 Å². The van der Waals surface area contributed by atoms with Gasteiger partial charge in [0, 0.05) is 24.1 Å². The second-order valence-electron chi connectivity index (χ2n) is 5.55. The molecule has 128 valence electrons. The fourth-order valence-electron chi connectivity index (χ4n) is 2.62. The van der Waals surface area contributed by atoms with E-state index in [9.17, 15) is 14.4 Å². The van der Waals surface area contributed by atoms with E-state index in [1.54, 1.807) is 24.3 Å². The van der Waals surface area contributed by atoms with Crippen molar-refractivity contribution >= 4 is 33.8 Å². The van der Waals surface area contributed by atoms with Crippen LogP contribution in [-0.4, -0.2) is 35.8 Å². The van der Waals surface area contributed by atoms with Crippen LogP contribution in [0.2, 0.25) is 0 Å². The number of amides is 4. The average molecular weight is 402 g/mol. The molecule has 2 aromatic carbocycles. The van der Waals surface area contributed by atoms with Crippen LogP contribution in [0.25, 0.3) is 0 Å². The lowest BCUT2D eigenvalue weighted by atomic mass is 10.1. The molecule has 0 saturated heterocycles. The van der Waals surface area contributed by atoms with Gasteiger partial charge in [0.05, 0.1) is 11.1 Å². The van der Waals surface area contributed by atoms with Gasteiger partial charge in [-0.05, 0) is 29.8 Å². The molecule has 0 spiro atoms. The maximum absolute atomic E-state index is 12.2. The molecule has 0 bridgehead atoms. The van der Waals surface area contributed by atoms with Crippen molar-refractivity contribution in [2.45, 2.75) is 6.54 Å². The largest absolute Gasteiger partial charge is 0.336 e. The Morgan fingerprint density at radius 3 is 2.28 bits per heavy atom. The van der Waals surface area contributed by atoms with Gasteiger partial charge in [0.2, 0.25) is 0 Å². The number of benzene rings is 2. The molecule has 25 heavy (non-hydrogen) atoms. The second kappa shape index (κ2) is 7.48. The molecule has 0 unspecified atom stereocenters. The van der Waals surface area contributed by atoms with E-state index in [0.29, 0.717) is 17.7 Å². The molecule has 7 heteroatoms. The quantitative estimate of drug-likeness (QED) is 0.755. The Labute approximate surface area is 153 Å². The van der Waals surface area contributed by atoms with Crippen molar-refractivity contribution < 1.29 is 14.4 Å². The molecule has 4 amide bonds. The average Bonchev–Trinajstić information content (AvgIpc) is 2.85. The molecule has 0 radical (unpaired) electrons. The highest BCUT2D eigenvalue weighted by atomic mass is 79.9. The molecule has 2 aromatic rings. The first-order valence-corrected chi connectivity index (χ1v) is 8.57. The summed E-state index contributed by atoms with van der Waals surface area (Å²) < 4.78 is 0.942. The first-order chi connectivity index (χ1) is 12.1. The van der Waals surface area contributed by atoms with Crippen LogP contribution < -0.4 is 10.6 Å². The van der Waals surface area contributed by atoms with Crippen LogP contribution in [0.15, 0.2) is 53.0 Å². The third-order valence-electron chi connectivity index (χ3n) is 3.84. The summed E-state index contributed by atoms with van der Waals surface area (Å²) in [6.07, 6.45) is 0. The molecule has 0 atom stereocenters. The van der Waals surface area contributed by atoms with Crippen molar-refractivity contribution in [1.29, 1.82) is 0 Å². The normalized spacial score (nSPS) is 12.9. The van der Waals surface area contributed by atoms with Crippen molar-refractivity contribution in [2.75, 3.05) is 13.1 Å². The summed E-state index contributed by atoms with van der Waals surface area (Å²) in [6.45, 7) is 0.713. The van der Waals surface area contributed by atoms with Crippen LogP contribution >= 0.6 is 15.9 Å². The number of nitrogens with one attached hydrogen (secondary N) is 2. The first-order valence-electron chi connectivity index (χ1n) is 7.77. The molecule has 1 heterocycles. The Hall–Kier alpha value is -2.67. The molecule has 0 aromatic heterocycles. The molecule has 1 aliphatic heterocycles. The molecule has 6 nitrogen and oxygen atoms in total. The van der Waals surface area contributed by atoms with E-state index in [2.05, 4.69) is 26.6 Å². The van der Waals surface area contributed by atoms with Gasteiger partial charge < -0.3 is 10.6 Å². The fraction of sp³-hybridized carbons (Fsp3) is 0.167. The van der Waals surface area contributed by atoms with Crippen molar-refractivity contribution in [3.05, 3.63) is 69.7 Å². The summed E-state index contributed by atoms with van der Waals surface area (Å²) in [5.74, 6) is -0.645. The van der Waals surface area contributed by atoms with Crippen molar-refractivity contribution in [3.63, 3.8) is 0 Å². The molecule has 0 saturated carbocycles. The lowest BCUT2D eigenvalue weighted by Crippen LogP contribution is -2.41. The number of nitrogens with zero attached hydrogens (tertiary/aromatic N) is 1. The summed E-state index contributed by atoms with van der Waals surface area (Å²) in [4.78, 5) is 37.4. The molecule has 2 N–H and O–H groups in total. The van der Waals surface area contributed by atoms with Crippen LogP contribution in [-0.2, 0) is 6.54 Å². The van der Waals surface area contributed by atoms with Crippen LogP contribution in [0.4, 0.5) is 4.79 Å². The predicted molar refractivity (Wildman–Crippen MR) is 96.2 cm³/mol. The number of fused-ring (bicyclic) bond motifs is 1. The summed E-state index contributed by atoms with van der Waals surface area (Å²) >= 11 is 3.37. The Morgan fingerprint density at radius 1 is 0.960 bits per heavy atom. The summed E-state index contributed by atoms with van der Waals surface area (Å²) in [6, 6.07) is 14.0. The molecular formula is C18H16BrN3O3. The number of halogens is 1. The van der Waals surface area contributed by atoms with Gasteiger partial charge in [-0.1, -0.05) is 40.2 Å². The molecule has 0 fully saturated rings. The van der Waals surface area contributed by atoms with E-state index in [4.69, 9.17) is 0 Å². The second-order valence-corrected chi connectivity index (χ2v) is 6.46. The Bertz CT molecular complexity index is 803. The van der Waals surface area contributed by atoms with Crippen molar-refractivity contribution in [1.82, 2.24) is 15.5 Å². The van der Waals surface area contributed by atoms with Crippen LogP contribution in [0.1, 0.15) is 26.3 Å². The summed E-state index contributed by atoms with van der Waals surface area (Å²) in [7, 11) is 0. The molecule has 3 rings (SSSR count). The third-order valence-corrected chi connectivity index (χ3v) is 4.33. The summed E-state index contributed by atoms with van der Waals surface area (Å²) in [5.41, 5.74) is 1.78. The SMILES string of the molecule is O=C(NCCN1C(=O)c2ccccc2C1=O)NCc1cccc(Br)c1. The van der Waals surface area contributed by atoms with Crippen molar-refractivity contribution in [2.24, 2.45) is 0 Å². The van der Waals surface area contributed by atoms with Gasteiger partial charge in [-0.3, -0.25) is 14.5 Å². The lowest BCUT2D eigenvalue weighted by Gasteiger charge is -2.14. The standard InChI is InChI=1S/C18H16BrN3O3/c19-13-5-3-4-12(10-13)11-21-18(25)20-8-9-22-16(23)14-6-1-2-7-15(14)17(22)24/h1-7,10H,8-9,11H2,(H2,20,21,25). The molecular weight excluding hydrogens is 386 g/mol. The van der Waals surface area contributed by atoms with E-state index >= 15 is 0 Å². The zero-order chi connectivity index (χ0) is 17.8. The van der Waals surface area contributed by atoms with Gasteiger partial charge in [-0.2, -0.15) is 0 Å². The number of hydrogen-bond donors (Lipinski definition) is 2. The van der Waals surface area contributed by atoms with E-state index in [0.717, 1.165) is 14.9 Å². The fourth-order valence-corrected chi connectivity index (χ4v) is 3.06. The zero-order valence-corrected chi connectivity index (χ0v) is 14.9. The highest BCUT2D eigenvalue weighted by Crippen LogP contribution is 2.21. The maximum Gasteiger partial charge on any atom is 0.315 e. The van der Waals surface area contributed by atoms with E-state index in [1.807, 2.05) is 24.3 Å². The van der Waals surface area contributed by atoms with E-state index in [-0.39, 0.29) is 30.9 Å². The molecule has 1 aliphatic rings. The Morgan fingerprint density at radius 2 is 1.64 bits per heavy atom. The lowest BCUT2D eigenvalue weighted by molar-refractivity contribution is 0.0656. The highest BCUT2D eigenvalue weighted by Gasteiger charge is 2.34. The topological polar surface area (TPSA) is 78.5 Å². The van der Waals surface area contributed by atoms with Gasteiger partial charge in [-0.15, -0.1) is 0 Å². The Kier molecular flexibility index (Phi) is 5.14. The van der Waals surface area contributed by atoms with E-state index < -0.39 is 0 Å². The smallest absolute Gasteiger partial charge is 0.315 e.